The molecule has 0 aliphatic carbocycles. The molecule has 0 saturated heterocycles. The molecule has 0 atom stereocenters. The van der Waals surface area contributed by atoms with E-state index in [1.54, 1.807) is 19.1 Å². The van der Waals surface area contributed by atoms with Gasteiger partial charge in [-0.2, -0.15) is 5.26 Å². The highest BCUT2D eigenvalue weighted by Crippen LogP contribution is 2.15. The lowest BCUT2D eigenvalue weighted by Gasteiger charge is -2.18. The fourth-order valence-electron chi connectivity index (χ4n) is 1.62. The van der Waals surface area contributed by atoms with E-state index in [0.29, 0.717) is 12.1 Å². The van der Waals surface area contributed by atoms with Crippen LogP contribution >= 0.6 is 0 Å². The molecule has 100 valence electrons. The van der Waals surface area contributed by atoms with E-state index in [1.165, 1.54) is 23.1 Å². The van der Waals surface area contributed by atoms with Gasteiger partial charge in [0.05, 0.1) is 6.61 Å². The molecule has 0 fully saturated rings. The third-order valence-corrected chi connectivity index (χ3v) is 2.57. The minimum Gasteiger partial charge on any atom is -0.508 e. The third-order valence-electron chi connectivity index (χ3n) is 2.57. The third kappa shape index (κ3) is 4.12. The number of carbonyl (C=O) groups excluding carboxylic acids is 1. The van der Waals surface area contributed by atoms with E-state index in [0.717, 1.165) is 0 Å². The maximum atomic E-state index is 12.0. The van der Waals surface area contributed by atoms with Crippen LogP contribution in [-0.4, -0.2) is 40.7 Å². The van der Waals surface area contributed by atoms with Crippen molar-refractivity contribution in [2.24, 2.45) is 0 Å². The lowest BCUT2D eigenvalue weighted by atomic mass is 10.1. The maximum absolute atomic E-state index is 12.0. The predicted octanol–water partition coefficient (Wildman–Crippen LogP) is 1.14. The molecule has 0 unspecified atom stereocenters. The maximum Gasteiger partial charge on any atom is 0.264 e. The van der Waals surface area contributed by atoms with Crippen LogP contribution in [0.25, 0.3) is 6.08 Å². The van der Waals surface area contributed by atoms with Gasteiger partial charge in [-0.3, -0.25) is 4.79 Å². The van der Waals surface area contributed by atoms with Crippen LogP contribution in [0, 0.1) is 11.3 Å². The molecule has 5 heteroatoms. The largest absolute Gasteiger partial charge is 0.508 e. The number of phenolic OH excluding ortho intramolecular Hbond substituents is 1. The number of amides is 1. The second-order valence-corrected chi connectivity index (χ2v) is 3.87. The van der Waals surface area contributed by atoms with Gasteiger partial charge >= 0.3 is 0 Å². The zero-order valence-corrected chi connectivity index (χ0v) is 10.7. The van der Waals surface area contributed by atoms with Gasteiger partial charge in [0.25, 0.3) is 5.91 Å². The van der Waals surface area contributed by atoms with Gasteiger partial charge in [-0.05, 0) is 30.7 Å². The number of nitriles is 1. The van der Waals surface area contributed by atoms with Gasteiger partial charge in [-0.15, -0.1) is 0 Å². The van der Waals surface area contributed by atoms with E-state index in [-0.39, 0.29) is 24.5 Å². The molecule has 0 spiro atoms. The average molecular weight is 260 g/mol. The zero-order chi connectivity index (χ0) is 14.3. The Labute approximate surface area is 112 Å². The van der Waals surface area contributed by atoms with Crippen LogP contribution in [0.3, 0.4) is 0 Å². The molecule has 19 heavy (non-hydrogen) atoms. The summed E-state index contributed by atoms with van der Waals surface area (Å²) in [5.74, 6) is -0.358. The summed E-state index contributed by atoms with van der Waals surface area (Å²) in [6, 6.07) is 8.14. The van der Waals surface area contributed by atoms with E-state index in [9.17, 15) is 9.90 Å². The Kier molecular flexibility index (Phi) is 5.58. The molecule has 5 nitrogen and oxygen atoms in total. The number of carbonyl (C=O) groups is 1. The van der Waals surface area contributed by atoms with Gasteiger partial charge in [-0.1, -0.05) is 12.1 Å². The molecule has 0 saturated carbocycles. The number of phenols is 1. The van der Waals surface area contributed by atoms with E-state index >= 15 is 0 Å². The first kappa shape index (κ1) is 14.7. The van der Waals surface area contributed by atoms with E-state index < -0.39 is 5.91 Å². The highest BCUT2D eigenvalue weighted by molar-refractivity contribution is 6.01. The van der Waals surface area contributed by atoms with Gasteiger partial charge in [0.15, 0.2) is 0 Å². The second kappa shape index (κ2) is 7.19. The van der Waals surface area contributed by atoms with Crippen molar-refractivity contribution in [2.45, 2.75) is 6.92 Å². The number of rotatable bonds is 5. The van der Waals surface area contributed by atoms with Crippen molar-refractivity contribution >= 4 is 12.0 Å². The van der Waals surface area contributed by atoms with Gasteiger partial charge in [-0.25, -0.2) is 0 Å². The van der Waals surface area contributed by atoms with E-state index in [2.05, 4.69) is 0 Å². The smallest absolute Gasteiger partial charge is 0.264 e. The van der Waals surface area contributed by atoms with Crippen LogP contribution in [-0.2, 0) is 4.79 Å². The molecule has 0 aliphatic heterocycles. The van der Waals surface area contributed by atoms with Crippen molar-refractivity contribution in [1.82, 2.24) is 4.90 Å². The Morgan fingerprint density at radius 3 is 2.79 bits per heavy atom. The van der Waals surface area contributed by atoms with Crippen LogP contribution < -0.4 is 0 Å². The monoisotopic (exact) mass is 260 g/mol. The first-order valence-electron chi connectivity index (χ1n) is 5.93. The normalized spacial score (nSPS) is 10.9. The number of hydrogen-bond acceptors (Lipinski definition) is 4. The number of hydrogen-bond donors (Lipinski definition) is 2. The van der Waals surface area contributed by atoms with Gasteiger partial charge in [0, 0.05) is 13.1 Å². The highest BCUT2D eigenvalue weighted by atomic mass is 16.3. The SMILES string of the molecule is CCN(CCO)C(=O)/C(C#N)=C/c1cccc(O)c1. The number of likely N-dealkylation sites (N-methyl/N-ethyl adjacent to an activating group) is 1. The van der Waals surface area contributed by atoms with Crippen LogP contribution in [0.15, 0.2) is 29.8 Å². The van der Waals surface area contributed by atoms with Crippen LogP contribution in [0.2, 0.25) is 0 Å². The zero-order valence-electron chi connectivity index (χ0n) is 10.7. The summed E-state index contributed by atoms with van der Waals surface area (Å²) in [4.78, 5) is 13.4. The van der Waals surface area contributed by atoms with Crippen molar-refractivity contribution < 1.29 is 15.0 Å². The van der Waals surface area contributed by atoms with E-state index in [4.69, 9.17) is 10.4 Å². The van der Waals surface area contributed by atoms with Crippen molar-refractivity contribution in [3.63, 3.8) is 0 Å². The quantitative estimate of drug-likeness (QED) is 0.614. The summed E-state index contributed by atoms with van der Waals surface area (Å²) in [6.45, 7) is 2.23. The number of nitrogens with zero attached hydrogens (tertiary/aromatic N) is 2. The molecule has 0 heterocycles. The summed E-state index contributed by atoms with van der Waals surface area (Å²) in [5.41, 5.74) is 0.547. The minimum atomic E-state index is -0.428. The fraction of sp³-hybridized carbons (Fsp3) is 0.286. The average Bonchev–Trinajstić information content (AvgIpc) is 2.41. The number of aromatic hydroxyl groups is 1. The van der Waals surface area contributed by atoms with Crippen molar-refractivity contribution in [2.75, 3.05) is 19.7 Å². The molecule has 1 aromatic rings. The first-order valence-corrected chi connectivity index (χ1v) is 5.93. The number of aliphatic hydroxyl groups excluding tert-OH is 1. The minimum absolute atomic E-state index is 0.0269. The lowest BCUT2D eigenvalue weighted by molar-refractivity contribution is -0.126. The summed E-state index contributed by atoms with van der Waals surface area (Å²) in [5, 5.41) is 27.3. The summed E-state index contributed by atoms with van der Waals surface area (Å²) in [6.07, 6.45) is 1.42. The molecular weight excluding hydrogens is 244 g/mol. The Morgan fingerprint density at radius 1 is 1.53 bits per heavy atom. The molecule has 0 bridgehead atoms. The topological polar surface area (TPSA) is 84.6 Å². The van der Waals surface area contributed by atoms with E-state index in [1.807, 2.05) is 6.07 Å². The highest BCUT2D eigenvalue weighted by Gasteiger charge is 2.16. The first-order chi connectivity index (χ1) is 9.12. The van der Waals surface area contributed by atoms with Gasteiger partial charge in [0.1, 0.15) is 17.4 Å². The van der Waals surface area contributed by atoms with Crippen LogP contribution in [0.5, 0.6) is 5.75 Å². The van der Waals surface area contributed by atoms with Crippen LogP contribution in [0.4, 0.5) is 0 Å². The summed E-state index contributed by atoms with van der Waals surface area (Å²) >= 11 is 0. The molecule has 0 aliphatic rings. The Balaban J connectivity index is 3.00. The summed E-state index contributed by atoms with van der Waals surface area (Å²) in [7, 11) is 0. The number of aliphatic hydroxyl groups is 1. The van der Waals surface area contributed by atoms with Crippen molar-refractivity contribution in [3.8, 4) is 11.8 Å². The molecule has 1 aromatic carbocycles. The van der Waals surface area contributed by atoms with Crippen molar-refractivity contribution in [1.29, 1.82) is 5.26 Å². The second-order valence-electron chi connectivity index (χ2n) is 3.87. The Hall–Kier alpha value is -2.32. The Bertz CT molecular complexity index is 518. The van der Waals surface area contributed by atoms with Gasteiger partial charge < -0.3 is 15.1 Å². The standard InChI is InChI=1S/C14H16N2O3/c1-2-16(6-7-17)14(19)12(10-15)8-11-4-3-5-13(18)9-11/h3-5,8-9,17-18H,2,6-7H2,1H3/b12-8+. The predicted molar refractivity (Wildman–Crippen MR) is 71.0 cm³/mol. The number of benzene rings is 1. The van der Waals surface area contributed by atoms with Gasteiger partial charge in [0.2, 0.25) is 0 Å². The lowest BCUT2D eigenvalue weighted by Crippen LogP contribution is -2.34. The summed E-state index contributed by atoms with van der Waals surface area (Å²) < 4.78 is 0. The molecule has 0 aromatic heterocycles. The molecule has 1 amide bonds. The Morgan fingerprint density at radius 2 is 2.26 bits per heavy atom. The molecule has 0 radical (unpaired) electrons. The molecule has 1 rings (SSSR count). The fourth-order valence-corrected chi connectivity index (χ4v) is 1.62. The molecule has 2 N–H and O–H groups in total. The van der Waals surface area contributed by atoms with Crippen molar-refractivity contribution in [3.05, 3.63) is 35.4 Å². The van der Waals surface area contributed by atoms with Crippen LogP contribution in [0.1, 0.15) is 12.5 Å². The molecular formula is C14H16N2O3.